The number of nitro groups is 2. The first-order valence-electron chi connectivity index (χ1n) is 12.4. The summed E-state index contributed by atoms with van der Waals surface area (Å²) in [6.45, 7) is 9.64. The van der Waals surface area contributed by atoms with Crippen LogP contribution in [0.1, 0.15) is 66.7 Å². The van der Waals surface area contributed by atoms with Crippen molar-refractivity contribution in [3.8, 4) is 5.75 Å². The molecule has 12 nitrogen and oxygen atoms in total. The van der Waals surface area contributed by atoms with Gasteiger partial charge in [-0.1, -0.05) is 32.3 Å². The summed E-state index contributed by atoms with van der Waals surface area (Å²) in [4.78, 5) is 51.4. The minimum atomic E-state index is -1.15. The largest absolute Gasteiger partial charge is 0.465 e. The molecule has 0 heterocycles. The Morgan fingerprint density at radius 1 is 1.14 bits per heavy atom. The van der Waals surface area contributed by atoms with Crippen molar-refractivity contribution in [2.75, 3.05) is 6.61 Å². The van der Waals surface area contributed by atoms with E-state index in [9.17, 15) is 29.8 Å². The standard InChI is InChI=1S/C25H35N3O9/c1-6-35-24(29)20(25(30)36-23-13-16(4)7-10-19(23)15(2)3)11-8-17(5)26-37-22-12-9-18(27(31)32)14-21(22)28(33)34/h9,12,14-16,19-20,23H,6-8,10-11,13H2,1-5H3/b26-17+/t16-,19+,20?,23-/m1/s1. The number of hydrogen-bond acceptors (Lipinski definition) is 10. The molecule has 0 N–H and O–H groups in total. The number of nitro benzene ring substituents is 2. The van der Waals surface area contributed by atoms with Crippen molar-refractivity contribution in [3.63, 3.8) is 0 Å². The maximum absolute atomic E-state index is 13.1. The Balaban J connectivity index is 2.11. The molecule has 0 amide bonds. The third-order valence-electron chi connectivity index (χ3n) is 6.53. The fraction of sp³-hybridized carbons (Fsp3) is 0.640. The van der Waals surface area contributed by atoms with E-state index in [1.807, 2.05) is 0 Å². The van der Waals surface area contributed by atoms with Gasteiger partial charge in [-0.2, -0.15) is 0 Å². The van der Waals surface area contributed by atoms with Gasteiger partial charge in [0.25, 0.3) is 5.69 Å². The van der Waals surface area contributed by atoms with Crippen molar-refractivity contribution in [3.05, 3.63) is 38.4 Å². The van der Waals surface area contributed by atoms with Crippen LogP contribution >= 0.6 is 0 Å². The Morgan fingerprint density at radius 2 is 1.84 bits per heavy atom. The van der Waals surface area contributed by atoms with Gasteiger partial charge in [0, 0.05) is 6.07 Å². The molecule has 0 aromatic heterocycles. The number of rotatable bonds is 12. The van der Waals surface area contributed by atoms with Crippen LogP contribution in [0.25, 0.3) is 0 Å². The summed E-state index contributed by atoms with van der Waals surface area (Å²) in [5.41, 5.74) is -0.719. The number of esters is 2. The second-order valence-corrected chi connectivity index (χ2v) is 9.73. The summed E-state index contributed by atoms with van der Waals surface area (Å²) in [5, 5.41) is 26.0. The first kappa shape index (κ1) is 29.7. The topological polar surface area (TPSA) is 160 Å². The Bertz CT molecular complexity index is 1020. The van der Waals surface area contributed by atoms with Gasteiger partial charge in [0.05, 0.1) is 28.2 Å². The van der Waals surface area contributed by atoms with Gasteiger partial charge < -0.3 is 14.3 Å². The lowest BCUT2D eigenvalue weighted by molar-refractivity contribution is -0.394. The van der Waals surface area contributed by atoms with Crippen LogP contribution in [-0.4, -0.2) is 40.2 Å². The van der Waals surface area contributed by atoms with Crippen LogP contribution in [0.2, 0.25) is 0 Å². The van der Waals surface area contributed by atoms with E-state index in [0.717, 1.165) is 37.5 Å². The van der Waals surface area contributed by atoms with E-state index in [-0.39, 0.29) is 37.2 Å². The number of nitrogens with zero attached hydrogens (tertiary/aromatic N) is 3. The molecule has 1 aromatic rings. The summed E-state index contributed by atoms with van der Waals surface area (Å²) >= 11 is 0. The smallest absolute Gasteiger partial charge is 0.321 e. The quantitative estimate of drug-likeness (QED) is 0.118. The minimum absolute atomic E-state index is 0.0489. The molecule has 0 aliphatic heterocycles. The zero-order valence-corrected chi connectivity index (χ0v) is 21.9. The monoisotopic (exact) mass is 521 g/mol. The molecule has 0 spiro atoms. The fourth-order valence-electron chi connectivity index (χ4n) is 4.42. The minimum Gasteiger partial charge on any atom is -0.465 e. The van der Waals surface area contributed by atoms with E-state index in [2.05, 4.69) is 25.9 Å². The summed E-state index contributed by atoms with van der Waals surface area (Å²) in [6.07, 6.45) is 2.70. The maximum atomic E-state index is 13.1. The lowest BCUT2D eigenvalue weighted by atomic mass is 9.75. The van der Waals surface area contributed by atoms with Crippen molar-refractivity contribution in [2.45, 2.75) is 72.8 Å². The van der Waals surface area contributed by atoms with Crippen molar-refractivity contribution < 1.29 is 33.7 Å². The molecule has 1 aromatic carbocycles. The van der Waals surface area contributed by atoms with E-state index in [4.69, 9.17) is 14.3 Å². The van der Waals surface area contributed by atoms with Gasteiger partial charge in [-0.3, -0.25) is 29.8 Å². The molecule has 0 saturated heterocycles. The zero-order chi connectivity index (χ0) is 27.7. The molecule has 2 rings (SSSR count). The fourth-order valence-corrected chi connectivity index (χ4v) is 4.42. The summed E-state index contributed by atoms with van der Waals surface area (Å²) in [7, 11) is 0. The van der Waals surface area contributed by atoms with Gasteiger partial charge >= 0.3 is 17.6 Å². The lowest BCUT2D eigenvalue weighted by Gasteiger charge is -2.37. The van der Waals surface area contributed by atoms with E-state index in [1.165, 1.54) is 0 Å². The number of benzene rings is 1. The molecular formula is C25H35N3O9. The Kier molecular flexibility index (Phi) is 10.9. The number of carbonyl (C=O) groups excluding carboxylic acids is 2. The summed E-state index contributed by atoms with van der Waals surface area (Å²) < 4.78 is 11.0. The molecule has 37 heavy (non-hydrogen) atoms. The van der Waals surface area contributed by atoms with Gasteiger partial charge in [0.1, 0.15) is 6.10 Å². The number of carbonyl (C=O) groups is 2. The predicted octanol–water partition coefficient (Wildman–Crippen LogP) is 5.22. The molecule has 12 heteroatoms. The van der Waals surface area contributed by atoms with Gasteiger partial charge in [-0.25, -0.2) is 0 Å². The average molecular weight is 522 g/mol. The normalized spacial score (nSPS) is 20.7. The molecule has 1 saturated carbocycles. The SMILES string of the molecule is CCOC(=O)C(CC/C(C)=N/Oc1ccc([N+](=O)[O-])cc1[N+](=O)[O-])C(=O)O[C@@H]1C[C@H](C)CC[C@H]1C(C)C. The van der Waals surface area contributed by atoms with Crippen LogP contribution in [0, 0.1) is 43.9 Å². The van der Waals surface area contributed by atoms with Crippen LogP contribution in [-0.2, 0) is 19.1 Å². The van der Waals surface area contributed by atoms with Crippen LogP contribution < -0.4 is 4.84 Å². The van der Waals surface area contributed by atoms with Crippen LogP contribution in [0.15, 0.2) is 23.4 Å². The van der Waals surface area contributed by atoms with E-state index in [1.54, 1.807) is 13.8 Å². The van der Waals surface area contributed by atoms with Gasteiger partial charge in [0.2, 0.25) is 5.75 Å². The van der Waals surface area contributed by atoms with Gasteiger partial charge in [-0.05, 0) is 63.4 Å². The second-order valence-electron chi connectivity index (χ2n) is 9.73. The molecule has 0 bridgehead atoms. The van der Waals surface area contributed by atoms with Gasteiger partial charge in [-0.15, -0.1) is 0 Å². The van der Waals surface area contributed by atoms with E-state index >= 15 is 0 Å². The summed E-state index contributed by atoms with van der Waals surface area (Å²) in [6, 6.07) is 2.93. The van der Waals surface area contributed by atoms with Crippen LogP contribution in [0.3, 0.4) is 0 Å². The highest BCUT2D eigenvalue weighted by Crippen LogP contribution is 2.36. The average Bonchev–Trinajstić information content (AvgIpc) is 2.82. The van der Waals surface area contributed by atoms with Crippen molar-refractivity contribution in [1.82, 2.24) is 0 Å². The molecule has 0 radical (unpaired) electrons. The second kappa shape index (κ2) is 13.7. The van der Waals surface area contributed by atoms with E-state index in [0.29, 0.717) is 17.5 Å². The molecule has 1 aliphatic carbocycles. The van der Waals surface area contributed by atoms with Crippen LogP contribution in [0.5, 0.6) is 5.75 Å². The van der Waals surface area contributed by atoms with E-state index < -0.39 is 39.1 Å². The molecule has 1 fully saturated rings. The Labute approximate surface area is 215 Å². The zero-order valence-electron chi connectivity index (χ0n) is 21.9. The molecule has 4 atom stereocenters. The Hall–Kier alpha value is -3.57. The lowest BCUT2D eigenvalue weighted by Crippen LogP contribution is -2.39. The molecule has 204 valence electrons. The Morgan fingerprint density at radius 3 is 2.43 bits per heavy atom. The molecule has 1 aliphatic rings. The third kappa shape index (κ3) is 8.50. The first-order valence-corrected chi connectivity index (χ1v) is 12.4. The maximum Gasteiger partial charge on any atom is 0.321 e. The number of oxime groups is 1. The number of ether oxygens (including phenoxy) is 2. The van der Waals surface area contributed by atoms with Crippen LogP contribution in [0.4, 0.5) is 11.4 Å². The number of hydrogen-bond donors (Lipinski definition) is 0. The third-order valence-corrected chi connectivity index (χ3v) is 6.53. The first-order chi connectivity index (χ1) is 17.4. The van der Waals surface area contributed by atoms with Crippen molar-refractivity contribution in [2.24, 2.45) is 28.8 Å². The van der Waals surface area contributed by atoms with Crippen molar-refractivity contribution >= 4 is 29.0 Å². The van der Waals surface area contributed by atoms with Gasteiger partial charge in [0.15, 0.2) is 5.92 Å². The highest BCUT2D eigenvalue weighted by molar-refractivity contribution is 5.95. The highest BCUT2D eigenvalue weighted by atomic mass is 16.7. The summed E-state index contributed by atoms with van der Waals surface area (Å²) in [5.74, 6) is -1.77. The highest BCUT2D eigenvalue weighted by Gasteiger charge is 2.37. The number of non-ortho nitro benzene ring substituents is 1. The molecule has 1 unspecified atom stereocenters. The molecular weight excluding hydrogens is 486 g/mol. The van der Waals surface area contributed by atoms with Crippen molar-refractivity contribution in [1.29, 1.82) is 0 Å². The predicted molar refractivity (Wildman–Crippen MR) is 134 cm³/mol.